The summed E-state index contributed by atoms with van der Waals surface area (Å²) in [6, 6.07) is 17.5. The maximum Gasteiger partial charge on any atom is 0.260 e. The van der Waals surface area contributed by atoms with Gasteiger partial charge in [-0.2, -0.15) is 0 Å². The number of carbonyl (C=O) groups is 7. The van der Waals surface area contributed by atoms with Crippen LogP contribution >= 0.6 is 0 Å². The van der Waals surface area contributed by atoms with E-state index in [2.05, 4.69) is 20.9 Å². The Morgan fingerprint density at radius 3 is 1.67 bits per heavy atom. The zero-order chi connectivity index (χ0) is 55.9. The molecule has 5 heterocycles. The van der Waals surface area contributed by atoms with Crippen LogP contribution in [0.1, 0.15) is 97.6 Å². The van der Waals surface area contributed by atoms with Crippen LogP contribution in [0.4, 0.5) is 21.5 Å². The van der Waals surface area contributed by atoms with E-state index in [-0.39, 0.29) is 79.5 Å². The molecule has 0 aromatic heterocycles. The average Bonchev–Trinajstić information content (AvgIpc) is 4.34. The molecule has 7 amide bonds. The van der Waals surface area contributed by atoms with Gasteiger partial charge < -0.3 is 44.7 Å². The molecular weight excluding hydrogens is 1020 g/mol. The van der Waals surface area contributed by atoms with Crippen molar-refractivity contribution in [2.75, 3.05) is 39.3 Å². The number of unbranched alkanes of at least 4 members (excludes halogenated alkanes) is 2. The summed E-state index contributed by atoms with van der Waals surface area (Å²) in [7, 11) is 2.99. The van der Waals surface area contributed by atoms with E-state index in [1.165, 1.54) is 38.5 Å². The first-order chi connectivity index (χ1) is 38.1. The summed E-state index contributed by atoms with van der Waals surface area (Å²) < 4.78 is 37.1. The highest BCUT2D eigenvalue weighted by Crippen LogP contribution is 2.42. The number of rotatable bonds is 22. The van der Waals surface area contributed by atoms with Gasteiger partial charge in [0.25, 0.3) is 23.6 Å². The normalized spacial score (nSPS) is 17.7. The minimum atomic E-state index is -0.929. The largest absolute Gasteiger partial charge is 0.493 e. The molecule has 0 saturated carbocycles. The molecule has 4 aromatic rings. The maximum atomic E-state index is 14.1. The molecule has 3 N–H and O–H groups in total. The molecule has 5 aliphatic heterocycles. The fraction of sp³-hybridized carbons (Fsp3) is 0.339. The second-order valence-electron chi connectivity index (χ2n) is 20.0. The number of nitrogens with one attached hydrogen (secondary N) is 3. The van der Waals surface area contributed by atoms with Crippen LogP contribution in [0.15, 0.2) is 107 Å². The van der Waals surface area contributed by atoms with Crippen LogP contribution in [-0.4, -0.2) is 127 Å². The van der Waals surface area contributed by atoms with Crippen molar-refractivity contribution < 1.29 is 56.9 Å². The standard InChI is InChI=1S/C59H61FN8O11/c1-34(2)55(65-52(69)10-7-6-8-21-66-53(70)19-20-54(66)71)57(73)63-35(3)56(72)64-41-17-13-37(14-18-41)39-25-43-31-62-47-29-51(49(77-5)27-45(47)59(75)68(43)33-39)79-23-9-22-78-50-28-46-44(26-48(50)76-4)58(74)67-32-38(24-42(67)30-61-46)36-11-15-40(60)16-12-36/h11-20,26-35,42-43,55H,6-10,21-25H2,1-5H3,(H,63,73)(H,64,72)(H,65,69)/t35?,42-,43-,55?/m0/s1. The number of hydrogen-bond donors (Lipinski definition) is 3. The van der Waals surface area contributed by atoms with E-state index >= 15 is 0 Å². The minimum Gasteiger partial charge on any atom is -0.493 e. The van der Waals surface area contributed by atoms with Gasteiger partial charge in [0, 0.05) is 87.0 Å². The summed E-state index contributed by atoms with van der Waals surface area (Å²) >= 11 is 0. The number of hydrogen-bond acceptors (Lipinski definition) is 13. The van der Waals surface area contributed by atoms with Gasteiger partial charge in [0.1, 0.15) is 17.9 Å². The Balaban J connectivity index is 0.740. The number of ether oxygens (including phenoxy) is 4. The lowest BCUT2D eigenvalue weighted by atomic mass is 10.0. The Kier molecular flexibility index (Phi) is 16.8. The van der Waals surface area contributed by atoms with Crippen LogP contribution in [0.3, 0.4) is 0 Å². The first-order valence-electron chi connectivity index (χ1n) is 26.2. The number of nitrogens with zero attached hydrogens (tertiary/aromatic N) is 5. The molecule has 0 radical (unpaired) electrons. The topological polar surface area (TPSA) is 227 Å². The summed E-state index contributed by atoms with van der Waals surface area (Å²) in [5, 5.41) is 8.32. The molecule has 2 unspecified atom stereocenters. The lowest BCUT2D eigenvalue weighted by Crippen LogP contribution is -2.53. The van der Waals surface area contributed by atoms with Gasteiger partial charge in [-0.25, -0.2) is 4.39 Å². The summed E-state index contributed by atoms with van der Waals surface area (Å²) in [6.45, 7) is 5.89. The van der Waals surface area contributed by atoms with Crippen molar-refractivity contribution in [1.82, 2.24) is 25.3 Å². The number of imide groups is 1. The predicted molar refractivity (Wildman–Crippen MR) is 293 cm³/mol. The molecule has 5 aliphatic rings. The molecule has 4 atom stereocenters. The van der Waals surface area contributed by atoms with E-state index in [9.17, 15) is 38.0 Å². The van der Waals surface area contributed by atoms with Crippen LogP contribution in [0.25, 0.3) is 11.1 Å². The van der Waals surface area contributed by atoms with Gasteiger partial charge in [-0.3, -0.25) is 48.4 Å². The van der Waals surface area contributed by atoms with Crippen LogP contribution in [0, 0.1) is 11.7 Å². The summed E-state index contributed by atoms with van der Waals surface area (Å²) in [4.78, 5) is 104. The lowest BCUT2D eigenvalue weighted by molar-refractivity contribution is -0.137. The van der Waals surface area contributed by atoms with Gasteiger partial charge in [0.15, 0.2) is 23.0 Å². The van der Waals surface area contributed by atoms with Crippen molar-refractivity contribution in [2.24, 2.45) is 15.9 Å². The monoisotopic (exact) mass is 1080 g/mol. The van der Waals surface area contributed by atoms with Crippen LogP contribution in [-0.2, 0) is 24.0 Å². The molecule has 0 aliphatic carbocycles. The van der Waals surface area contributed by atoms with E-state index in [0.29, 0.717) is 89.7 Å². The van der Waals surface area contributed by atoms with Gasteiger partial charge >= 0.3 is 0 Å². The van der Waals surface area contributed by atoms with Gasteiger partial charge in [-0.1, -0.05) is 44.5 Å². The minimum absolute atomic E-state index is 0.160. The summed E-state index contributed by atoms with van der Waals surface area (Å²) in [5.74, 6) is -1.51. The highest BCUT2D eigenvalue weighted by Gasteiger charge is 2.36. The third-order valence-electron chi connectivity index (χ3n) is 14.2. The van der Waals surface area contributed by atoms with Gasteiger partial charge in [-0.05, 0) is 84.4 Å². The van der Waals surface area contributed by atoms with Crippen molar-refractivity contribution >= 4 is 82.0 Å². The zero-order valence-corrected chi connectivity index (χ0v) is 44.5. The van der Waals surface area contributed by atoms with E-state index in [1.807, 2.05) is 12.1 Å². The molecule has 19 nitrogen and oxygen atoms in total. The molecule has 0 bridgehead atoms. The van der Waals surface area contributed by atoms with Crippen molar-refractivity contribution in [3.8, 4) is 23.0 Å². The number of halogens is 1. The first kappa shape index (κ1) is 54.8. The summed E-state index contributed by atoms with van der Waals surface area (Å²) in [6.07, 6.45) is 12.9. The first-order valence-corrected chi connectivity index (χ1v) is 26.2. The van der Waals surface area contributed by atoms with Crippen molar-refractivity contribution in [3.63, 3.8) is 0 Å². The average molecular weight is 1080 g/mol. The molecular formula is C59H61FN8O11. The van der Waals surface area contributed by atoms with Crippen LogP contribution < -0.4 is 34.9 Å². The molecule has 4 aromatic carbocycles. The number of aliphatic imine (C=N–C) groups is 2. The van der Waals surface area contributed by atoms with Crippen molar-refractivity contribution in [1.29, 1.82) is 0 Å². The molecule has 20 heteroatoms. The van der Waals surface area contributed by atoms with E-state index < -0.39 is 23.9 Å². The highest BCUT2D eigenvalue weighted by atomic mass is 19.1. The lowest BCUT2D eigenvalue weighted by Gasteiger charge is -2.24. The molecule has 9 rings (SSSR count). The number of amides is 7. The third kappa shape index (κ3) is 12.4. The fourth-order valence-electron chi connectivity index (χ4n) is 9.78. The van der Waals surface area contributed by atoms with E-state index in [1.54, 1.807) is 104 Å². The molecule has 0 fully saturated rings. The quantitative estimate of drug-likeness (QED) is 0.0510. The predicted octanol–water partition coefficient (Wildman–Crippen LogP) is 7.70. The Bertz CT molecular complexity index is 3210. The number of anilines is 1. The second-order valence-corrected chi connectivity index (χ2v) is 20.0. The van der Waals surface area contributed by atoms with Crippen LogP contribution in [0.2, 0.25) is 0 Å². The second kappa shape index (κ2) is 24.2. The molecule has 0 spiro atoms. The number of benzene rings is 4. The zero-order valence-electron chi connectivity index (χ0n) is 44.5. The van der Waals surface area contributed by atoms with Crippen LogP contribution in [0.5, 0.6) is 23.0 Å². The van der Waals surface area contributed by atoms with Gasteiger partial charge in [0.05, 0.1) is 62.0 Å². The van der Waals surface area contributed by atoms with E-state index in [4.69, 9.17) is 23.9 Å². The molecule has 410 valence electrons. The smallest absolute Gasteiger partial charge is 0.260 e. The van der Waals surface area contributed by atoms with Crippen molar-refractivity contribution in [2.45, 2.75) is 89.9 Å². The number of fused-ring (bicyclic) bond motifs is 4. The Labute approximate surface area is 456 Å². The fourth-order valence-corrected chi connectivity index (χ4v) is 9.78. The maximum absolute atomic E-state index is 14.1. The Morgan fingerprint density at radius 2 is 1.16 bits per heavy atom. The number of carbonyl (C=O) groups excluding carboxylic acids is 7. The van der Waals surface area contributed by atoms with E-state index in [0.717, 1.165) is 27.2 Å². The SMILES string of the molecule is COc1cc2c(cc1OCCCOc1cc3c(cc1OC)C(=O)N1C=C(c4ccc(NC(=O)C(C)NC(=O)C(NC(=O)CCCCCN5C(=O)C=CC5=O)C(C)C)cc4)C[C@H]1C=N3)N=C[C@@H]1CC(c3ccc(F)cc3)=CN1C2=O. The number of methoxy groups -OCH3 is 2. The Hall–Kier alpha value is -8.94. The highest BCUT2D eigenvalue weighted by molar-refractivity contribution is 6.13. The molecule has 79 heavy (non-hydrogen) atoms. The van der Waals surface area contributed by atoms with Crippen molar-refractivity contribution in [3.05, 3.63) is 125 Å². The third-order valence-corrected chi connectivity index (χ3v) is 14.2. The molecule has 0 saturated heterocycles. The van der Waals surface area contributed by atoms with Gasteiger partial charge in [0.2, 0.25) is 17.7 Å². The Morgan fingerprint density at radius 1 is 0.646 bits per heavy atom. The summed E-state index contributed by atoms with van der Waals surface area (Å²) in [5.41, 5.74) is 5.54. The van der Waals surface area contributed by atoms with Gasteiger partial charge in [-0.15, -0.1) is 0 Å².